The average molecular weight is 552 g/mol. The van der Waals surface area contributed by atoms with Crippen LogP contribution >= 0.6 is 0 Å². The normalized spacial score (nSPS) is 17.1. The summed E-state index contributed by atoms with van der Waals surface area (Å²) in [6, 6.07) is 10.8. The first-order chi connectivity index (χ1) is 19.1. The van der Waals surface area contributed by atoms with Crippen LogP contribution < -0.4 is 20.4 Å². The number of anilines is 3. The molecule has 11 nitrogen and oxygen atoms in total. The van der Waals surface area contributed by atoms with Gasteiger partial charge in [0, 0.05) is 57.4 Å². The number of carbonyl (C=O) groups is 5. The van der Waals surface area contributed by atoms with Crippen molar-refractivity contribution in [2.75, 3.05) is 54.4 Å². The Bertz CT molecular complexity index is 1340. The Hall–Kier alpha value is -4.74. The van der Waals surface area contributed by atoms with Crippen LogP contribution in [0.4, 0.5) is 26.2 Å². The van der Waals surface area contributed by atoms with Gasteiger partial charge < -0.3 is 25.2 Å². The highest BCUT2D eigenvalue weighted by atomic mass is 19.1. The van der Waals surface area contributed by atoms with Gasteiger partial charge in [-0.05, 0) is 48.5 Å². The fourth-order valence-electron chi connectivity index (χ4n) is 4.45. The largest absolute Gasteiger partial charge is 0.442 e. The van der Waals surface area contributed by atoms with Crippen molar-refractivity contribution in [2.45, 2.75) is 20.0 Å². The first-order valence-electron chi connectivity index (χ1n) is 12.8. The van der Waals surface area contributed by atoms with Crippen molar-refractivity contribution >= 4 is 46.7 Å². The number of hydrogen-bond donors (Lipinski definition) is 2. The predicted molar refractivity (Wildman–Crippen MR) is 146 cm³/mol. The number of allylic oxidation sites excluding steroid dienone is 1. The summed E-state index contributed by atoms with van der Waals surface area (Å²) in [4.78, 5) is 64.2. The van der Waals surface area contributed by atoms with Crippen molar-refractivity contribution in [1.82, 2.24) is 10.2 Å². The number of amides is 4. The van der Waals surface area contributed by atoms with E-state index in [-0.39, 0.29) is 36.6 Å². The Balaban J connectivity index is 1.29. The van der Waals surface area contributed by atoms with Crippen molar-refractivity contribution in [2.24, 2.45) is 0 Å². The Morgan fingerprint density at radius 2 is 1.68 bits per heavy atom. The maximum atomic E-state index is 15.1. The monoisotopic (exact) mass is 551 g/mol. The lowest BCUT2D eigenvalue weighted by Gasteiger charge is -2.36. The number of ketones is 1. The second-order valence-corrected chi connectivity index (χ2v) is 9.46. The number of benzene rings is 2. The van der Waals surface area contributed by atoms with E-state index in [1.807, 2.05) is 4.90 Å². The van der Waals surface area contributed by atoms with Gasteiger partial charge in [0.2, 0.25) is 17.7 Å². The van der Waals surface area contributed by atoms with E-state index in [1.54, 1.807) is 41.3 Å². The number of halogens is 1. The Labute approximate surface area is 230 Å². The van der Waals surface area contributed by atoms with Gasteiger partial charge in [-0.1, -0.05) is 0 Å². The molecule has 0 spiro atoms. The maximum absolute atomic E-state index is 15.1. The molecule has 2 heterocycles. The third-order valence-electron chi connectivity index (χ3n) is 6.49. The minimum atomic E-state index is -0.608. The smallest absolute Gasteiger partial charge is 0.414 e. The number of nitrogens with one attached hydrogen (secondary N) is 2. The minimum absolute atomic E-state index is 0.178. The number of rotatable bonds is 8. The number of hydrogen-bond acceptors (Lipinski definition) is 7. The number of carbonyl (C=O) groups excluding carboxylic acids is 5. The number of piperazine rings is 1. The predicted octanol–water partition coefficient (Wildman–Crippen LogP) is 2.33. The van der Waals surface area contributed by atoms with Crippen molar-refractivity contribution in [3.63, 3.8) is 0 Å². The van der Waals surface area contributed by atoms with E-state index in [9.17, 15) is 24.0 Å². The molecule has 4 amide bonds. The molecule has 0 saturated carbocycles. The molecule has 2 aliphatic heterocycles. The lowest BCUT2D eigenvalue weighted by Crippen LogP contribution is -2.48. The third-order valence-corrected chi connectivity index (χ3v) is 6.49. The van der Waals surface area contributed by atoms with Crippen LogP contribution in [0, 0.1) is 5.82 Å². The molecule has 2 aliphatic rings. The highest BCUT2D eigenvalue weighted by Crippen LogP contribution is 2.28. The van der Waals surface area contributed by atoms with Crippen molar-refractivity contribution in [3.8, 4) is 0 Å². The lowest BCUT2D eigenvalue weighted by molar-refractivity contribution is -0.126. The van der Waals surface area contributed by atoms with Crippen LogP contribution in [-0.4, -0.2) is 79.9 Å². The van der Waals surface area contributed by atoms with Crippen LogP contribution in [0.1, 0.15) is 24.2 Å². The van der Waals surface area contributed by atoms with Crippen LogP contribution in [0.5, 0.6) is 0 Å². The molecular weight excluding hydrogens is 521 g/mol. The quantitative estimate of drug-likeness (QED) is 0.381. The average Bonchev–Trinajstić information content (AvgIpc) is 3.31. The van der Waals surface area contributed by atoms with E-state index in [0.717, 1.165) is 0 Å². The zero-order valence-electron chi connectivity index (χ0n) is 22.2. The molecule has 2 aromatic carbocycles. The minimum Gasteiger partial charge on any atom is -0.442 e. The molecule has 1 atom stereocenters. The van der Waals surface area contributed by atoms with Gasteiger partial charge in [0.15, 0.2) is 5.78 Å². The Morgan fingerprint density at radius 1 is 0.975 bits per heavy atom. The summed E-state index contributed by atoms with van der Waals surface area (Å²) in [5.74, 6) is -1.62. The summed E-state index contributed by atoms with van der Waals surface area (Å²) in [6.45, 7) is 4.59. The molecule has 2 saturated heterocycles. The van der Waals surface area contributed by atoms with Gasteiger partial charge in [-0.25, -0.2) is 9.18 Å². The topological polar surface area (TPSA) is 128 Å². The highest BCUT2D eigenvalue weighted by Gasteiger charge is 2.33. The molecule has 4 rings (SSSR count). The zero-order valence-corrected chi connectivity index (χ0v) is 22.2. The molecular formula is C28H30FN5O6. The van der Waals surface area contributed by atoms with E-state index < -0.39 is 18.0 Å². The SMILES string of the molecule is CC(=O)NC[C@H]1CN(c2ccc(N3CCN(C(=O)/C=C/C(=O)c4ccc(NC(C)=O)cc4)CC3)c(F)c2)C(=O)O1. The fraction of sp³-hybridized carbons (Fsp3) is 0.321. The van der Waals surface area contributed by atoms with Gasteiger partial charge in [-0.2, -0.15) is 0 Å². The number of cyclic esters (lactones) is 1. The molecule has 0 unspecified atom stereocenters. The van der Waals surface area contributed by atoms with Crippen LogP contribution in [0.25, 0.3) is 0 Å². The molecule has 2 fully saturated rings. The summed E-state index contributed by atoms with van der Waals surface area (Å²) in [5, 5.41) is 5.22. The molecule has 0 bridgehead atoms. The molecule has 210 valence electrons. The molecule has 12 heteroatoms. The Kier molecular flexibility index (Phi) is 8.77. The standard InChI is InChI=1S/C28H30FN5O6/c1-18(35)30-16-23-17-34(28(39)40-23)22-7-8-25(24(29)15-22)32-11-13-33(14-12-32)27(38)10-9-26(37)20-3-5-21(6-4-20)31-19(2)36/h3-10,15,23H,11-14,16-17H2,1-2H3,(H,30,35)(H,31,36)/b10-9+/t23-/m0/s1. The molecule has 2 aromatic rings. The zero-order chi connectivity index (χ0) is 28.8. The molecule has 2 N–H and O–H groups in total. The number of ether oxygens (including phenoxy) is 1. The molecule has 0 aromatic heterocycles. The summed E-state index contributed by atoms with van der Waals surface area (Å²) < 4.78 is 20.3. The van der Waals surface area contributed by atoms with Crippen LogP contribution in [-0.2, 0) is 19.1 Å². The summed E-state index contributed by atoms with van der Waals surface area (Å²) in [7, 11) is 0. The van der Waals surface area contributed by atoms with Gasteiger partial charge >= 0.3 is 6.09 Å². The van der Waals surface area contributed by atoms with Gasteiger partial charge in [0.25, 0.3) is 0 Å². The van der Waals surface area contributed by atoms with Crippen molar-refractivity contribution in [3.05, 3.63) is 66.0 Å². The van der Waals surface area contributed by atoms with Gasteiger partial charge in [0.05, 0.1) is 24.5 Å². The summed E-state index contributed by atoms with van der Waals surface area (Å²) in [5.41, 5.74) is 1.66. The van der Waals surface area contributed by atoms with Crippen LogP contribution in [0.15, 0.2) is 54.6 Å². The van der Waals surface area contributed by atoms with Crippen LogP contribution in [0.2, 0.25) is 0 Å². The van der Waals surface area contributed by atoms with E-state index >= 15 is 4.39 Å². The molecule has 0 radical (unpaired) electrons. The number of nitrogens with zero attached hydrogens (tertiary/aromatic N) is 3. The van der Waals surface area contributed by atoms with Gasteiger partial charge in [0.1, 0.15) is 11.9 Å². The summed E-state index contributed by atoms with van der Waals surface area (Å²) in [6.07, 6.45) is 1.31. The van der Waals surface area contributed by atoms with Crippen molar-refractivity contribution < 1.29 is 33.1 Å². The van der Waals surface area contributed by atoms with E-state index in [4.69, 9.17) is 4.74 Å². The van der Waals surface area contributed by atoms with Crippen molar-refractivity contribution in [1.29, 1.82) is 0 Å². The van der Waals surface area contributed by atoms with E-state index in [1.165, 1.54) is 37.0 Å². The second kappa shape index (κ2) is 12.4. The molecule has 40 heavy (non-hydrogen) atoms. The Morgan fingerprint density at radius 3 is 2.30 bits per heavy atom. The first kappa shape index (κ1) is 28.3. The van der Waals surface area contributed by atoms with Crippen LogP contribution in [0.3, 0.4) is 0 Å². The van der Waals surface area contributed by atoms with E-state index in [0.29, 0.717) is 48.8 Å². The maximum Gasteiger partial charge on any atom is 0.414 e. The lowest BCUT2D eigenvalue weighted by atomic mass is 10.1. The van der Waals surface area contributed by atoms with Gasteiger partial charge in [-0.15, -0.1) is 0 Å². The third kappa shape index (κ3) is 7.01. The first-order valence-corrected chi connectivity index (χ1v) is 12.8. The van der Waals surface area contributed by atoms with E-state index in [2.05, 4.69) is 10.6 Å². The second-order valence-electron chi connectivity index (χ2n) is 9.46. The summed E-state index contributed by atoms with van der Waals surface area (Å²) >= 11 is 0. The highest BCUT2D eigenvalue weighted by molar-refractivity contribution is 6.08. The molecule has 0 aliphatic carbocycles. The fourth-order valence-corrected chi connectivity index (χ4v) is 4.45. The van der Waals surface area contributed by atoms with Gasteiger partial charge in [-0.3, -0.25) is 24.1 Å².